The van der Waals surface area contributed by atoms with Crippen LogP contribution in [-0.4, -0.2) is 24.8 Å². The Morgan fingerprint density at radius 1 is 1.64 bits per heavy atom. The molecule has 0 aromatic heterocycles. The maximum atomic E-state index is 12.4. The molecule has 1 fully saturated rings. The highest BCUT2D eigenvalue weighted by molar-refractivity contribution is 5.59. The van der Waals surface area contributed by atoms with Crippen molar-refractivity contribution in [3.63, 3.8) is 0 Å². The fourth-order valence-electron chi connectivity index (χ4n) is 1.31. The number of hydrogen-bond donors (Lipinski definition) is 1. The molecular formula is C7H11F2NO. The van der Waals surface area contributed by atoms with Crippen molar-refractivity contribution >= 4 is 6.29 Å². The van der Waals surface area contributed by atoms with Crippen molar-refractivity contribution in [2.24, 2.45) is 0 Å². The van der Waals surface area contributed by atoms with Gasteiger partial charge in [-0.15, -0.1) is 0 Å². The highest BCUT2D eigenvalue weighted by Gasteiger charge is 2.32. The minimum atomic E-state index is -3.14. The van der Waals surface area contributed by atoms with Gasteiger partial charge in [-0.2, -0.15) is 8.78 Å². The molecule has 4 heteroatoms. The molecule has 1 unspecified atom stereocenters. The van der Waals surface area contributed by atoms with E-state index in [0.29, 0.717) is 0 Å². The maximum absolute atomic E-state index is 12.4. The van der Waals surface area contributed by atoms with Crippen molar-refractivity contribution in [1.29, 1.82) is 0 Å². The topological polar surface area (TPSA) is 29.1 Å². The molecule has 64 valence electrons. The van der Waals surface area contributed by atoms with Crippen LogP contribution in [0.2, 0.25) is 0 Å². The molecule has 1 N–H and O–H groups in total. The van der Waals surface area contributed by atoms with Crippen LogP contribution < -0.4 is 5.32 Å². The van der Waals surface area contributed by atoms with E-state index < -0.39 is 5.92 Å². The number of carbonyl (C=O) groups excluding carboxylic acids is 1. The fourth-order valence-corrected chi connectivity index (χ4v) is 1.31. The van der Waals surface area contributed by atoms with Gasteiger partial charge in [-0.05, 0) is 19.4 Å². The molecule has 0 spiro atoms. The van der Waals surface area contributed by atoms with Gasteiger partial charge in [0.15, 0.2) is 6.29 Å². The quantitative estimate of drug-likeness (QED) is 0.628. The highest BCUT2D eigenvalue weighted by Crippen LogP contribution is 2.21. The summed E-state index contributed by atoms with van der Waals surface area (Å²) in [6.07, 6.45) is 1.06. The van der Waals surface area contributed by atoms with Gasteiger partial charge in [0.25, 0.3) is 0 Å². The van der Waals surface area contributed by atoms with Gasteiger partial charge in [0, 0.05) is 12.5 Å². The van der Waals surface area contributed by atoms with E-state index in [4.69, 9.17) is 0 Å². The Hall–Kier alpha value is -0.510. The van der Waals surface area contributed by atoms with Crippen molar-refractivity contribution in [3.05, 3.63) is 0 Å². The molecule has 0 aromatic rings. The van der Waals surface area contributed by atoms with Crippen molar-refractivity contribution in [1.82, 2.24) is 5.32 Å². The van der Waals surface area contributed by atoms with Gasteiger partial charge < -0.3 is 5.32 Å². The Bertz CT molecular complexity index is 143. The first-order chi connectivity index (χ1) is 5.14. The van der Waals surface area contributed by atoms with E-state index in [-0.39, 0.29) is 18.7 Å². The zero-order valence-electron chi connectivity index (χ0n) is 6.15. The Kier molecular flexibility index (Phi) is 2.54. The van der Waals surface area contributed by atoms with Gasteiger partial charge >= 0.3 is 5.92 Å². The number of carbonyl (C=O) groups is 1. The summed E-state index contributed by atoms with van der Waals surface area (Å²) in [7, 11) is 0. The molecule has 0 saturated carbocycles. The molecule has 0 radical (unpaired) electrons. The number of nitrogens with one attached hydrogen (secondary N) is 1. The lowest BCUT2D eigenvalue weighted by molar-refractivity contribution is -0.130. The lowest BCUT2D eigenvalue weighted by atomic mass is 10.1. The first kappa shape index (κ1) is 8.59. The van der Waals surface area contributed by atoms with Gasteiger partial charge in [0.1, 0.15) is 0 Å². The third kappa shape index (κ3) is 2.54. The second-order valence-corrected chi connectivity index (χ2v) is 2.88. The Morgan fingerprint density at radius 2 is 2.36 bits per heavy atom. The summed E-state index contributed by atoms with van der Waals surface area (Å²) >= 11 is 0. The molecule has 1 rings (SSSR count). The second kappa shape index (κ2) is 3.26. The zero-order chi connectivity index (χ0) is 8.32. The molecule has 0 amide bonds. The van der Waals surface area contributed by atoms with E-state index in [1.807, 2.05) is 0 Å². The fraction of sp³-hybridized carbons (Fsp3) is 0.857. The van der Waals surface area contributed by atoms with Gasteiger partial charge in [0.2, 0.25) is 0 Å². The highest BCUT2D eigenvalue weighted by atomic mass is 19.3. The SMILES string of the molecule is O=CC(F)(F)CC1CCCN1. The van der Waals surface area contributed by atoms with Crippen molar-refractivity contribution in [2.75, 3.05) is 6.54 Å². The molecule has 0 bridgehead atoms. The van der Waals surface area contributed by atoms with E-state index in [0.717, 1.165) is 19.4 Å². The van der Waals surface area contributed by atoms with Crippen molar-refractivity contribution in [3.8, 4) is 0 Å². The van der Waals surface area contributed by atoms with Gasteiger partial charge in [-0.3, -0.25) is 4.79 Å². The minimum Gasteiger partial charge on any atom is -0.314 e. The number of alkyl halides is 2. The van der Waals surface area contributed by atoms with Crippen LogP contribution >= 0.6 is 0 Å². The van der Waals surface area contributed by atoms with Crippen LogP contribution in [0, 0.1) is 0 Å². The lowest BCUT2D eigenvalue weighted by Crippen LogP contribution is -2.31. The van der Waals surface area contributed by atoms with E-state index >= 15 is 0 Å². The largest absolute Gasteiger partial charge is 0.314 e. The summed E-state index contributed by atoms with van der Waals surface area (Å²) in [6, 6.07) is -0.171. The number of aldehydes is 1. The lowest BCUT2D eigenvalue weighted by Gasteiger charge is -2.14. The average molecular weight is 163 g/mol. The van der Waals surface area contributed by atoms with Crippen molar-refractivity contribution < 1.29 is 13.6 Å². The molecule has 1 aliphatic rings. The van der Waals surface area contributed by atoms with E-state index in [1.54, 1.807) is 0 Å². The van der Waals surface area contributed by atoms with Crippen LogP contribution in [0.5, 0.6) is 0 Å². The summed E-state index contributed by atoms with van der Waals surface area (Å²) in [4.78, 5) is 9.84. The average Bonchev–Trinajstić information content (AvgIpc) is 2.39. The summed E-state index contributed by atoms with van der Waals surface area (Å²) in [5.41, 5.74) is 0. The van der Waals surface area contributed by atoms with E-state index in [1.165, 1.54) is 0 Å². The van der Waals surface area contributed by atoms with Crippen LogP contribution in [0.25, 0.3) is 0 Å². The van der Waals surface area contributed by atoms with Crippen molar-refractivity contribution in [2.45, 2.75) is 31.2 Å². The normalized spacial score (nSPS) is 25.5. The van der Waals surface area contributed by atoms with Gasteiger partial charge in [-0.1, -0.05) is 0 Å². The summed E-state index contributed by atoms with van der Waals surface area (Å²) in [5, 5.41) is 2.91. The Labute approximate surface area is 64.0 Å². The van der Waals surface area contributed by atoms with Crippen LogP contribution in [0.3, 0.4) is 0 Å². The van der Waals surface area contributed by atoms with E-state index in [9.17, 15) is 13.6 Å². The molecule has 1 aliphatic heterocycles. The maximum Gasteiger partial charge on any atom is 0.303 e. The molecule has 2 nitrogen and oxygen atoms in total. The monoisotopic (exact) mass is 163 g/mol. The zero-order valence-corrected chi connectivity index (χ0v) is 6.15. The third-order valence-electron chi connectivity index (χ3n) is 1.85. The first-order valence-electron chi connectivity index (χ1n) is 3.71. The molecule has 1 atom stereocenters. The second-order valence-electron chi connectivity index (χ2n) is 2.88. The van der Waals surface area contributed by atoms with Gasteiger partial charge in [-0.25, -0.2) is 0 Å². The molecule has 1 saturated heterocycles. The standard InChI is InChI=1S/C7H11F2NO/c8-7(9,5-11)4-6-2-1-3-10-6/h5-6,10H,1-4H2. The molecule has 0 aliphatic carbocycles. The number of hydrogen-bond acceptors (Lipinski definition) is 2. The molecule has 1 heterocycles. The molecule has 11 heavy (non-hydrogen) atoms. The number of rotatable bonds is 3. The number of halogens is 2. The predicted octanol–water partition coefficient (Wildman–Crippen LogP) is 0.963. The Morgan fingerprint density at radius 3 is 2.82 bits per heavy atom. The minimum absolute atomic E-state index is 0.171. The van der Waals surface area contributed by atoms with Crippen LogP contribution in [0.4, 0.5) is 8.78 Å². The first-order valence-corrected chi connectivity index (χ1v) is 3.71. The van der Waals surface area contributed by atoms with Crippen LogP contribution in [-0.2, 0) is 4.79 Å². The molecule has 0 aromatic carbocycles. The van der Waals surface area contributed by atoms with E-state index in [2.05, 4.69) is 5.32 Å². The summed E-state index contributed by atoms with van der Waals surface area (Å²) in [6.45, 7) is 0.791. The summed E-state index contributed by atoms with van der Waals surface area (Å²) in [5.74, 6) is -3.14. The molecular weight excluding hydrogens is 152 g/mol. The predicted molar refractivity (Wildman–Crippen MR) is 36.7 cm³/mol. The Balaban J connectivity index is 2.33. The summed E-state index contributed by atoms with van der Waals surface area (Å²) < 4.78 is 24.8. The smallest absolute Gasteiger partial charge is 0.303 e. The van der Waals surface area contributed by atoms with Crippen LogP contribution in [0.15, 0.2) is 0 Å². The van der Waals surface area contributed by atoms with Crippen LogP contribution in [0.1, 0.15) is 19.3 Å². The third-order valence-corrected chi connectivity index (χ3v) is 1.85. The van der Waals surface area contributed by atoms with Gasteiger partial charge in [0.05, 0.1) is 0 Å².